The van der Waals surface area contributed by atoms with Crippen molar-refractivity contribution in [3.8, 4) is 0 Å². The number of hydrogen-bond acceptors (Lipinski definition) is 4. The number of ether oxygens (including phenoxy) is 2. The lowest BCUT2D eigenvalue weighted by atomic mass is 9.91. The Morgan fingerprint density at radius 1 is 1.28 bits per heavy atom. The third kappa shape index (κ3) is 2.58. The first-order chi connectivity index (χ1) is 12.1. The predicted octanol–water partition coefficient (Wildman–Crippen LogP) is 3.78. The Hall–Kier alpha value is -2.76. The van der Waals surface area contributed by atoms with E-state index in [9.17, 15) is 4.39 Å². The van der Waals surface area contributed by atoms with Gasteiger partial charge in [-0.1, -0.05) is 11.6 Å². The van der Waals surface area contributed by atoms with Crippen LogP contribution < -0.4 is 5.32 Å². The third-order valence-corrected chi connectivity index (χ3v) is 4.87. The second kappa shape index (κ2) is 5.95. The Morgan fingerprint density at radius 3 is 2.84 bits per heavy atom. The number of methoxy groups -OCH3 is 2. The summed E-state index contributed by atoms with van der Waals surface area (Å²) in [5.41, 5.74) is 4.19. The highest BCUT2D eigenvalue weighted by molar-refractivity contribution is 5.65. The molecule has 1 atom stereocenters. The van der Waals surface area contributed by atoms with Crippen LogP contribution in [0.1, 0.15) is 23.6 Å². The zero-order valence-electron chi connectivity index (χ0n) is 14.5. The van der Waals surface area contributed by atoms with Gasteiger partial charge in [-0.05, 0) is 30.7 Å². The van der Waals surface area contributed by atoms with Gasteiger partial charge in [0, 0.05) is 30.6 Å². The minimum absolute atomic E-state index is 0.207. The smallest absolute Gasteiger partial charge is 0.156 e. The van der Waals surface area contributed by atoms with Crippen molar-refractivity contribution in [2.75, 3.05) is 19.5 Å². The molecule has 2 aliphatic carbocycles. The molecule has 4 rings (SSSR count). The zero-order chi connectivity index (χ0) is 17.6. The first-order valence-electron chi connectivity index (χ1n) is 8.20. The van der Waals surface area contributed by atoms with Gasteiger partial charge in [-0.25, -0.2) is 4.39 Å². The van der Waals surface area contributed by atoms with Crippen LogP contribution in [0.25, 0.3) is 0 Å². The Labute approximate surface area is 145 Å². The zero-order valence-corrected chi connectivity index (χ0v) is 14.5. The largest absolute Gasteiger partial charge is 0.497 e. The molecule has 0 amide bonds. The van der Waals surface area contributed by atoms with Crippen LogP contribution in [0, 0.1) is 5.82 Å². The van der Waals surface area contributed by atoms with E-state index in [0.29, 0.717) is 5.69 Å². The van der Waals surface area contributed by atoms with Crippen LogP contribution >= 0.6 is 0 Å². The molecule has 0 spiro atoms. The quantitative estimate of drug-likeness (QED) is 0.919. The number of halogens is 1. The van der Waals surface area contributed by atoms with Crippen LogP contribution in [-0.4, -0.2) is 24.0 Å². The van der Waals surface area contributed by atoms with Crippen molar-refractivity contribution in [3.05, 3.63) is 64.5 Å². The van der Waals surface area contributed by atoms with Gasteiger partial charge in [0.15, 0.2) is 5.76 Å². The van der Waals surface area contributed by atoms with Gasteiger partial charge >= 0.3 is 0 Å². The fraction of sp³-hybridized carbons (Fsp3) is 0.316. The van der Waals surface area contributed by atoms with Crippen LogP contribution in [0.3, 0.4) is 0 Å². The summed E-state index contributed by atoms with van der Waals surface area (Å²) in [6.45, 7) is 0. The molecule has 0 bridgehead atoms. The summed E-state index contributed by atoms with van der Waals surface area (Å²) >= 11 is 0. The Balaban J connectivity index is 1.69. The Morgan fingerprint density at radius 2 is 2.12 bits per heavy atom. The normalized spacial score (nSPS) is 18.6. The molecule has 1 aromatic carbocycles. The molecule has 130 valence electrons. The van der Waals surface area contributed by atoms with Crippen molar-refractivity contribution in [1.82, 2.24) is 9.78 Å². The van der Waals surface area contributed by atoms with Gasteiger partial charge in [0.1, 0.15) is 17.4 Å². The number of aromatic nitrogens is 2. The minimum Gasteiger partial charge on any atom is -0.497 e. The van der Waals surface area contributed by atoms with Crippen molar-refractivity contribution in [3.63, 3.8) is 0 Å². The number of hydrogen-bond donors (Lipinski definition) is 1. The molecule has 25 heavy (non-hydrogen) atoms. The summed E-state index contributed by atoms with van der Waals surface area (Å²) in [7, 11) is 5.22. The van der Waals surface area contributed by atoms with E-state index in [4.69, 9.17) is 14.6 Å². The summed E-state index contributed by atoms with van der Waals surface area (Å²) in [5.74, 6) is 2.46. The van der Waals surface area contributed by atoms with Crippen molar-refractivity contribution >= 4 is 11.5 Å². The van der Waals surface area contributed by atoms with E-state index >= 15 is 0 Å². The lowest BCUT2D eigenvalue weighted by Crippen LogP contribution is -2.11. The maximum Gasteiger partial charge on any atom is 0.156 e. The average Bonchev–Trinajstić information content (AvgIpc) is 3.09. The molecule has 1 unspecified atom stereocenters. The predicted molar refractivity (Wildman–Crippen MR) is 93.1 cm³/mol. The van der Waals surface area contributed by atoms with E-state index < -0.39 is 0 Å². The number of nitrogens with one attached hydrogen (secondary N) is 1. The van der Waals surface area contributed by atoms with Crippen LogP contribution in [-0.2, 0) is 22.9 Å². The summed E-state index contributed by atoms with van der Waals surface area (Å²) in [6, 6.07) is 6.45. The fourth-order valence-corrected chi connectivity index (χ4v) is 3.68. The number of anilines is 2. The summed E-state index contributed by atoms with van der Waals surface area (Å²) in [6.07, 6.45) is 3.60. The van der Waals surface area contributed by atoms with E-state index in [2.05, 4.69) is 11.4 Å². The van der Waals surface area contributed by atoms with Crippen molar-refractivity contribution < 1.29 is 13.9 Å². The lowest BCUT2D eigenvalue weighted by Gasteiger charge is -2.21. The molecule has 0 saturated carbocycles. The number of fused-ring (bicyclic) bond motifs is 3. The van der Waals surface area contributed by atoms with Gasteiger partial charge < -0.3 is 14.8 Å². The molecule has 1 aromatic heterocycles. The van der Waals surface area contributed by atoms with Gasteiger partial charge in [0.2, 0.25) is 0 Å². The highest BCUT2D eigenvalue weighted by Crippen LogP contribution is 2.47. The van der Waals surface area contributed by atoms with E-state index in [0.717, 1.165) is 41.4 Å². The van der Waals surface area contributed by atoms with Crippen LogP contribution in [0.4, 0.5) is 15.9 Å². The van der Waals surface area contributed by atoms with Crippen molar-refractivity contribution in [2.24, 2.45) is 7.05 Å². The number of allylic oxidation sites excluding steroid dienone is 3. The number of rotatable bonds is 4. The van der Waals surface area contributed by atoms with Gasteiger partial charge in [-0.3, -0.25) is 4.68 Å². The molecule has 1 heterocycles. The second-order valence-electron chi connectivity index (χ2n) is 6.32. The summed E-state index contributed by atoms with van der Waals surface area (Å²) in [4.78, 5) is 0. The topological polar surface area (TPSA) is 48.3 Å². The van der Waals surface area contributed by atoms with Crippen LogP contribution in [0.15, 0.2) is 47.4 Å². The second-order valence-corrected chi connectivity index (χ2v) is 6.32. The maximum absolute atomic E-state index is 13.5. The molecule has 0 fully saturated rings. The van der Waals surface area contributed by atoms with Crippen molar-refractivity contribution in [2.45, 2.75) is 18.8 Å². The standard InChI is InChI=1S/C19H20FN3O2/c1-23-19(21-13-6-4-5-12(20)9-13)15-7-11-8-16(24-2)17(25-3)10-14(11)18(15)22-23/h4-6,8-9,14,21H,7,10H2,1-3H3. The van der Waals surface area contributed by atoms with E-state index in [1.54, 1.807) is 20.3 Å². The van der Waals surface area contributed by atoms with Gasteiger partial charge in [0.05, 0.1) is 19.9 Å². The van der Waals surface area contributed by atoms with E-state index in [1.807, 2.05) is 17.8 Å². The highest BCUT2D eigenvalue weighted by Gasteiger charge is 2.37. The maximum atomic E-state index is 13.5. The molecule has 5 nitrogen and oxygen atoms in total. The first kappa shape index (κ1) is 15.7. The van der Waals surface area contributed by atoms with Crippen molar-refractivity contribution in [1.29, 1.82) is 0 Å². The van der Waals surface area contributed by atoms with Gasteiger partial charge in [-0.2, -0.15) is 5.10 Å². The first-order valence-corrected chi connectivity index (χ1v) is 8.20. The highest BCUT2D eigenvalue weighted by atomic mass is 19.1. The molecular formula is C19H20FN3O2. The monoisotopic (exact) mass is 341 g/mol. The fourth-order valence-electron chi connectivity index (χ4n) is 3.68. The number of benzene rings is 1. The van der Waals surface area contributed by atoms with Gasteiger partial charge in [-0.15, -0.1) is 0 Å². The molecule has 0 aliphatic heterocycles. The minimum atomic E-state index is -0.265. The number of aryl methyl sites for hydroxylation is 1. The molecular weight excluding hydrogens is 321 g/mol. The molecule has 0 saturated heterocycles. The summed E-state index contributed by atoms with van der Waals surface area (Å²) < 4.78 is 26.2. The molecule has 2 aliphatic rings. The van der Waals surface area contributed by atoms with Gasteiger partial charge in [0.25, 0.3) is 0 Å². The molecule has 0 radical (unpaired) electrons. The van der Waals surface area contributed by atoms with E-state index in [1.165, 1.54) is 17.7 Å². The Bertz CT molecular complexity index is 898. The molecule has 1 N–H and O–H groups in total. The van der Waals surface area contributed by atoms with Crippen LogP contribution in [0.2, 0.25) is 0 Å². The third-order valence-electron chi connectivity index (χ3n) is 4.87. The average molecular weight is 341 g/mol. The van der Waals surface area contributed by atoms with Crippen LogP contribution in [0.5, 0.6) is 0 Å². The molecule has 6 heteroatoms. The lowest BCUT2D eigenvalue weighted by molar-refractivity contribution is 0.214. The molecule has 2 aromatic rings. The number of nitrogens with zero attached hydrogens (tertiary/aromatic N) is 2. The Kier molecular flexibility index (Phi) is 3.75. The SMILES string of the molecule is COC1=C(OC)CC2C(=C1)Cc1c2nn(C)c1Nc1cccc(F)c1. The summed E-state index contributed by atoms with van der Waals surface area (Å²) in [5, 5.41) is 8.02. The van der Waals surface area contributed by atoms with E-state index in [-0.39, 0.29) is 11.7 Å².